The first-order valence-electron chi connectivity index (χ1n) is 20.8. The standard InChI is InChI=1S/C31H16BN2O.C14H14N.Ir/c1-3-11-22-18(9-1)20-17-21-28(30-29(20)32(22)23-12-4-8-16-27(23)35-30)19-10-2-6-14-25(19)34-26-15-7-5-13-24(26)33-31(21)34;1-10-4-6-13(7-5-10)14-8-11(2)12(3)9-15-14;/h1-16H;4-6,8-9H,1-3H3;/q2*-1;/i;1D3,2D3,3D3;. The second-order valence-corrected chi connectivity index (χ2v) is 12.5. The van der Waals surface area contributed by atoms with Gasteiger partial charge >= 0.3 is 0 Å². The maximum atomic E-state index is 7.54. The van der Waals surface area contributed by atoms with Gasteiger partial charge in [0.2, 0.25) is 6.71 Å². The molecule has 6 heteroatoms. The summed E-state index contributed by atoms with van der Waals surface area (Å²) in [6.07, 6.45) is 1.02. The third kappa shape index (κ3) is 4.78. The molecule has 0 aliphatic carbocycles. The van der Waals surface area contributed by atoms with Crippen molar-refractivity contribution in [3.63, 3.8) is 0 Å². The van der Waals surface area contributed by atoms with Gasteiger partial charge in [0.1, 0.15) is 5.75 Å². The van der Waals surface area contributed by atoms with E-state index < -0.39 is 20.6 Å². The van der Waals surface area contributed by atoms with Gasteiger partial charge in [0.05, 0.1) is 22.4 Å². The number of hydrogen-bond donors (Lipinski definition) is 0. The maximum Gasteiger partial charge on any atom is 0.200 e. The number of hydrogen-bond acceptors (Lipinski definition) is 3. The summed E-state index contributed by atoms with van der Waals surface area (Å²) in [7, 11) is 0. The van der Waals surface area contributed by atoms with Crippen LogP contribution in [0.1, 0.15) is 29.0 Å². The van der Waals surface area contributed by atoms with Gasteiger partial charge in [0.15, 0.2) is 0 Å². The Morgan fingerprint density at radius 3 is 2.41 bits per heavy atom. The predicted octanol–water partition coefficient (Wildman–Crippen LogP) is 8.67. The average molecular weight is 841 g/mol. The minimum Gasteiger partial charge on any atom is -0.473 e. The van der Waals surface area contributed by atoms with Crippen LogP contribution in [0, 0.1) is 32.7 Å². The molecular weight excluding hydrogens is 802 g/mol. The van der Waals surface area contributed by atoms with Crippen molar-refractivity contribution in [3.05, 3.63) is 156 Å². The molecule has 3 aromatic heterocycles. The van der Waals surface area contributed by atoms with E-state index >= 15 is 0 Å². The Morgan fingerprint density at radius 2 is 1.57 bits per heavy atom. The van der Waals surface area contributed by atoms with E-state index in [0.717, 1.165) is 61.6 Å². The summed E-state index contributed by atoms with van der Waals surface area (Å²) in [5.41, 5.74) is 10.3. The quantitative estimate of drug-likeness (QED) is 0.0945. The molecule has 51 heavy (non-hydrogen) atoms. The van der Waals surface area contributed by atoms with E-state index in [0.29, 0.717) is 5.56 Å². The van der Waals surface area contributed by atoms with Crippen molar-refractivity contribution in [3.8, 4) is 33.9 Å². The smallest absolute Gasteiger partial charge is 0.200 e. The summed E-state index contributed by atoms with van der Waals surface area (Å²) in [6, 6.07) is 46.0. The molecule has 9 aromatic rings. The summed E-state index contributed by atoms with van der Waals surface area (Å²) in [4.78, 5) is 9.11. The summed E-state index contributed by atoms with van der Waals surface area (Å²) >= 11 is 0. The third-order valence-electron chi connectivity index (χ3n) is 9.70. The van der Waals surface area contributed by atoms with Gasteiger partial charge in [-0.1, -0.05) is 108 Å². The molecule has 2 aliphatic rings. The van der Waals surface area contributed by atoms with Gasteiger partial charge in [-0.25, -0.2) is 0 Å². The second kappa shape index (κ2) is 12.1. The number of imidazole rings is 1. The molecular formula is C45H30BIrN3O-2. The van der Waals surface area contributed by atoms with Crippen molar-refractivity contribution in [2.45, 2.75) is 20.6 Å². The Balaban J connectivity index is 0.000000164. The molecule has 0 bridgehead atoms. The maximum absolute atomic E-state index is 7.54. The van der Waals surface area contributed by atoms with Crippen LogP contribution in [0.25, 0.3) is 60.7 Å². The number of fused-ring (bicyclic) bond motifs is 14. The van der Waals surface area contributed by atoms with Gasteiger partial charge in [0, 0.05) is 44.2 Å². The summed E-state index contributed by atoms with van der Waals surface area (Å²) in [6.45, 7) is -7.32. The van der Waals surface area contributed by atoms with E-state index in [2.05, 4.69) is 113 Å². The van der Waals surface area contributed by atoms with E-state index in [1.807, 2.05) is 6.07 Å². The molecule has 0 fully saturated rings. The van der Waals surface area contributed by atoms with Crippen molar-refractivity contribution in [1.29, 1.82) is 0 Å². The SMILES string of the molecule is [2H]C([2H])([2H])c1c[c-]c(-c2cc(C([2H])([2H])[2H])c(C([2H])([2H])[2H])cn2)cc1.[Ir].[c-]1c2c3c(c4c1c1nc5ccccc5n1c1ccccc41)Oc1ccccc1B3c1ccccc1-2. The fourth-order valence-corrected chi connectivity index (χ4v) is 7.52. The van der Waals surface area contributed by atoms with Gasteiger partial charge < -0.3 is 14.1 Å². The number of pyridine rings is 2. The predicted molar refractivity (Wildman–Crippen MR) is 206 cm³/mol. The zero-order chi connectivity index (χ0) is 41.0. The molecule has 0 spiro atoms. The van der Waals surface area contributed by atoms with Gasteiger partial charge in [-0.05, 0) is 65.5 Å². The van der Waals surface area contributed by atoms with Crippen molar-refractivity contribution in [2.24, 2.45) is 0 Å². The summed E-state index contributed by atoms with van der Waals surface area (Å²) in [5.74, 6) is 1.87. The van der Waals surface area contributed by atoms with Crippen molar-refractivity contribution in [2.75, 3.05) is 0 Å². The normalized spacial score (nSPS) is 15.5. The number of para-hydroxylation sites is 4. The summed E-state index contributed by atoms with van der Waals surface area (Å²) < 4.78 is 76.0. The van der Waals surface area contributed by atoms with Crippen LogP contribution >= 0.6 is 0 Å². The number of rotatable bonds is 1. The number of ether oxygens (including phenoxy) is 1. The minimum absolute atomic E-state index is 0. The minimum atomic E-state index is -2.61. The van der Waals surface area contributed by atoms with Gasteiger partial charge in [0.25, 0.3) is 0 Å². The Hall–Kier alpha value is -5.55. The molecule has 0 saturated carbocycles. The number of aryl methyl sites for hydroxylation is 3. The van der Waals surface area contributed by atoms with E-state index in [-0.39, 0.29) is 49.2 Å². The van der Waals surface area contributed by atoms with Crippen LogP contribution in [0.15, 0.2) is 128 Å². The molecule has 0 amide bonds. The van der Waals surface area contributed by atoms with Crippen LogP contribution in [-0.2, 0) is 20.1 Å². The van der Waals surface area contributed by atoms with E-state index in [4.69, 9.17) is 22.1 Å². The van der Waals surface area contributed by atoms with Crippen LogP contribution in [0.3, 0.4) is 0 Å². The Labute approximate surface area is 322 Å². The molecule has 1 radical (unpaired) electrons. The van der Waals surface area contributed by atoms with E-state index in [9.17, 15) is 0 Å². The van der Waals surface area contributed by atoms with Crippen molar-refractivity contribution >= 4 is 61.5 Å². The van der Waals surface area contributed by atoms with Crippen LogP contribution in [0.5, 0.6) is 11.5 Å². The largest absolute Gasteiger partial charge is 0.473 e. The molecule has 5 heterocycles. The number of nitrogens with zero attached hydrogens (tertiary/aromatic N) is 3. The second-order valence-electron chi connectivity index (χ2n) is 12.5. The zero-order valence-corrected chi connectivity index (χ0v) is 29.2. The summed E-state index contributed by atoms with van der Waals surface area (Å²) in [5, 5.41) is 3.25. The molecule has 4 nitrogen and oxygen atoms in total. The molecule has 0 saturated heterocycles. The first-order chi connectivity index (χ1) is 28.2. The molecule has 2 aliphatic heterocycles. The average Bonchev–Trinajstić information content (AvgIpc) is 3.78. The number of benzene rings is 6. The first kappa shape index (κ1) is 23.0. The Bertz CT molecular complexity index is 3180. The van der Waals surface area contributed by atoms with Crippen LogP contribution in [0.4, 0.5) is 0 Å². The van der Waals surface area contributed by atoms with Gasteiger partial charge in [-0.3, -0.25) is 4.98 Å². The van der Waals surface area contributed by atoms with Crippen molar-refractivity contribution < 1.29 is 37.2 Å². The molecule has 0 unspecified atom stereocenters. The van der Waals surface area contributed by atoms with Crippen LogP contribution in [-0.4, -0.2) is 21.1 Å². The zero-order valence-electron chi connectivity index (χ0n) is 35.8. The molecule has 0 N–H and O–H groups in total. The topological polar surface area (TPSA) is 39.4 Å². The molecule has 6 aromatic carbocycles. The third-order valence-corrected chi connectivity index (χ3v) is 9.70. The fourth-order valence-electron chi connectivity index (χ4n) is 7.52. The fraction of sp³-hybridized carbons (Fsp3) is 0.0667. The van der Waals surface area contributed by atoms with Gasteiger partial charge in [-0.2, -0.15) is 0 Å². The molecule has 11 rings (SSSR count). The first-order valence-corrected chi connectivity index (χ1v) is 16.3. The monoisotopic (exact) mass is 841 g/mol. The van der Waals surface area contributed by atoms with Crippen LogP contribution in [0.2, 0.25) is 0 Å². The van der Waals surface area contributed by atoms with Crippen molar-refractivity contribution in [1.82, 2.24) is 14.4 Å². The Kier molecular flexibility index (Phi) is 5.44. The van der Waals surface area contributed by atoms with Crippen LogP contribution < -0.4 is 21.1 Å². The number of aromatic nitrogens is 3. The Morgan fingerprint density at radius 1 is 0.784 bits per heavy atom. The van der Waals surface area contributed by atoms with E-state index in [1.165, 1.54) is 46.2 Å². The van der Waals surface area contributed by atoms with E-state index in [1.54, 1.807) is 0 Å². The molecule has 245 valence electrons. The van der Waals surface area contributed by atoms with Gasteiger partial charge in [-0.15, -0.1) is 52.5 Å². The molecule has 0 atom stereocenters.